The summed E-state index contributed by atoms with van der Waals surface area (Å²) in [5.74, 6) is -0.442. The van der Waals surface area contributed by atoms with Crippen molar-refractivity contribution in [2.24, 2.45) is 11.1 Å². The number of benzene rings is 1. The molecule has 0 spiro atoms. The zero-order chi connectivity index (χ0) is 16.3. The predicted molar refractivity (Wildman–Crippen MR) is 82.1 cm³/mol. The SMILES string of the molecule is COC(=O)C1([C@@H](N)c2cc(F)c(Br)cc2OC)CCOCC1. The van der Waals surface area contributed by atoms with Gasteiger partial charge in [0, 0.05) is 24.8 Å². The van der Waals surface area contributed by atoms with Crippen molar-refractivity contribution in [3.63, 3.8) is 0 Å². The summed E-state index contributed by atoms with van der Waals surface area (Å²) in [7, 11) is 2.80. The molecule has 0 saturated carbocycles. The summed E-state index contributed by atoms with van der Waals surface area (Å²) >= 11 is 3.11. The number of hydrogen-bond acceptors (Lipinski definition) is 5. The minimum Gasteiger partial charge on any atom is -0.496 e. The summed E-state index contributed by atoms with van der Waals surface area (Å²) in [6, 6.07) is 2.06. The third-order valence-corrected chi connectivity index (χ3v) is 4.79. The molecule has 0 unspecified atom stereocenters. The zero-order valence-electron chi connectivity index (χ0n) is 12.5. The summed E-state index contributed by atoms with van der Waals surface area (Å²) in [6.45, 7) is 0.814. The van der Waals surface area contributed by atoms with Gasteiger partial charge in [-0.15, -0.1) is 0 Å². The minimum absolute atomic E-state index is 0.277. The van der Waals surface area contributed by atoms with E-state index in [1.165, 1.54) is 26.4 Å². The Morgan fingerprint density at radius 1 is 1.41 bits per heavy atom. The summed E-state index contributed by atoms with van der Waals surface area (Å²) in [4.78, 5) is 12.4. The smallest absolute Gasteiger partial charge is 0.313 e. The third-order valence-electron chi connectivity index (χ3n) is 4.18. The molecular weight excluding hydrogens is 357 g/mol. The molecule has 2 N–H and O–H groups in total. The van der Waals surface area contributed by atoms with Crippen LogP contribution < -0.4 is 10.5 Å². The highest BCUT2D eigenvalue weighted by atomic mass is 79.9. The highest BCUT2D eigenvalue weighted by Crippen LogP contribution is 2.45. The average Bonchev–Trinajstić information content (AvgIpc) is 2.56. The van der Waals surface area contributed by atoms with Crippen LogP contribution in [-0.4, -0.2) is 33.4 Å². The van der Waals surface area contributed by atoms with Crippen molar-refractivity contribution in [2.45, 2.75) is 18.9 Å². The Bertz CT molecular complexity index is 561. The molecule has 1 aromatic rings. The van der Waals surface area contributed by atoms with Crippen LogP contribution in [0, 0.1) is 11.2 Å². The Kier molecular flexibility index (Phi) is 5.41. The van der Waals surface area contributed by atoms with Crippen molar-refractivity contribution in [1.82, 2.24) is 0 Å². The van der Waals surface area contributed by atoms with Gasteiger partial charge < -0.3 is 19.9 Å². The van der Waals surface area contributed by atoms with Gasteiger partial charge in [0.1, 0.15) is 11.6 Å². The Labute approximate surface area is 137 Å². The molecule has 0 amide bonds. The van der Waals surface area contributed by atoms with E-state index in [9.17, 15) is 9.18 Å². The molecule has 7 heteroatoms. The van der Waals surface area contributed by atoms with Crippen molar-refractivity contribution >= 4 is 21.9 Å². The highest BCUT2D eigenvalue weighted by Gasteiger charge is 2.48. The van der Waals surface area contributed by atoms with Gasteiger partial charge in [-0.3, -0.25) is 4.79 Å². The molecule has 1 saturated heterocycles. The normalized spacial score (nSPS) is 18.6. The van der Waals surface area contributed by atoms with Crippen LogP contribution in [0.15, 0.2) is 16.6 Å². The van der Waals surface area contributed by atoms with E-state index < -0.39 is 23.2 Å². The van der Waals surface area contributed by atoms with Crippen LogP contribution in [0.1, 0.15) is 24.4 Å². The lowest BCUT2D eigenvalue weighted by Crippen LogP contribution is -2.46. The molecule has 122 valence electrons. The molecule has 5 nitrogen and oxygen atoms in total. The Balaban J connectivity index is 2.49. The van der Waals surface area contributed by atoms with Crippen molar-refractivity contribution in [3.8, 4) is 5.75 Å². The van der Waals surface area contributed by atoms with Gasteiger partial charge in [-0.1, -0.05) is 0 Å². The van der Waals surface area contributed by atoms with Crippen molar-refractivity contribution in [1.29, 1.82) is 0 Å². The second-order valence-corrected chi connectivity index (χ2v) is 6.10. The lowest BCUT2D eigenvalue weighted by Gasteiger charge is -2.39. The van der Waals surface area contributed by atoms with Crippen LogP contribution in [0.5, 0.6) is 5.75 Å². The molecule has 22 heavy (non-hydrogen) atoms. The van der Waals surface area contributed by atoms with E-state index in [-0.39, 0.29) is 4.47 Å². The van der Waals surface area contributed by atoms with Crippen LogP contribution in [0.4, 0.5) is 4.39 Å². The van der Waals surface area contributed by atoms with E-state index in [1.54, 1.807) is 0 Å². The number of methoxy groups -OCH3 is 2. The van der Waals surface area contributed by atoms with E-state index in [2.05, 4.69) is 15.9 Å². The number of hydrogen-bond donors (Lipinski definition) is 1. The van der Waals surface area contributed by atoms with Gasteiger partial charge >= 0.3 is 5.97 Å². The predicted octanol–water partition coefficient (Wildman–Crippen LogP) is 2.57. The zero-order valence-corrected chi connectivity index (χ0v) is 14.1. The topological polar surface area (TPSA) is 70.8 Å². The van der Waals surface area contributed by atoms with Gasteiger partial charge in [-0.2, -0.15) is 0 Å². The van der Waals surface area contributed by atoms with Crippen LogP contribution >= 0.6 is 15.9 Å². The van der Waals surface area contributed by atoms with E-state index in [0.717, 1.165) is 0 Å². The standard InChI is InChI=1S/C15H19BrFNO4/c1-20-12-8-10(16)11(17)7-9(12)13(18)15(14(19)21-2)3-5-22-6-4-15/h7-8,13H,3-6,18H2,1-2H3/t13-/m0/s1. The molecule has 1 heterocycles. The average molecular weight is 376 g/mol. The molecule has 0 aliphatic carbocycles. The maximum absolute atomic E-state index is 13.9. The van der Waals surface area contributed by atoms with Gasteiger partial charge in [0.2, 0.25) is 0 Å². The highest BCUT2D eigenvalue weighted by molar-refractivity contribution is 9.10. The Morgan fingerprint density at radius 3 is 2.59 bits per heavy atom. The number of carbonyl (C=O) groups is 1. The van der Waals surface area contributed by atoms with E-state index >= 15 is 0 Å². The van der Waals surface area contributed by atoms with Crippen LogP contribution in [0.2, 0.25) is 0 Å². The maximum atomic E-state index is 13.9. The first kappa shape index (κ1) is 17.2. The lowest BCUT2D eigenvalue weighted by atomic mass is 9.71. The number of carbonyl (C=O) groups excluding carboxylic acids is 1. The fourth-order valence-electron chi connectivity index (χ4n) is 2.84. The molecule has 0 radical (unpaired) electrons. The monoisotopic (exact) mass is 375 g/mol. The molecule has 1 fully saturated rings. The Hall–Kier alpha value is -1.18. The fourth-order valence-corrected chi connectivity index (χ4v) is 3.16. The molecule has 2 rings (SSSR count). The summed E-state index contributed by atoms with van der Waals surface area (Å²) in [6.07, 6.45) is 0.837. The molecular formula is C15H19BrFNO4. The van der Waals surface area contributed by atoms with E-state index in [1.807, 2.05) is 0 Å². The van der Waals surface area contributed by atoms with Gasteiger partial charge in [-0.25, -0.2) is 4.39 Å². The first-order valence-electron chi connectivity index (χ1n) is 6.91. The fraction of sp³-hybridized carbons (Fsp3) is 0.533. The van der Waals surface area contributed by atoms with Crippen molar-refractivity contribution < 1.29 is 23.4 Å². The quantitative estimate of drug-likeness (QED) is 0.818. The first-order chi connectivity index (χ1) is 10.5. The van der Waals surface area contributed by atoms with Gasteiger partial charge in [-0.05, 0) is 40.9 Å². The molecule has 1 aliphatic rings. The maximum Gasteiger partial charge on any atom is 0.313 e. The molecule has 0 aromatic heterocycles. The van der Waals surface area contributed by atoms with E-state index in [0.29, 0.717) is 37.4 Å². The number of halogens is 2. The first-order valence-corrected chi connectivity index (χ1v) is 7.70. The lowest BCUT2D eigenvalue weighted by molar-refractivity contribution is -0.161. The van der Waals surface area contributed by atoms with Crippen LogP contribution in [-0.2, 0) is 14.3 Å². The summed E-state index contributed by atoms with van der Waals surface area (Å²) in [5.41, 5.74) is 5.85. The molecule has 1 atom stereocenters. The van der Waals surface area contributed by atoms with Crippen LogP contribution in [0.25, 0.3) is 0 Å². The van der Waals surface area contributed by atoms with Crippen molar-refractivity contribution in [3.05, 3.63) is 28.0 Å². The largest absolute Gasteiger partial charge is 0.496 e. The van der Waals surface area contributed by atoms with Gasteiger partial charge in [0.25, 0.3) is 0 Å². The van der Waals surface area contributed by atoms with Crippen LogP contribution in [0.3, 0.4) is 0 Å². The number of rotatable bonds is 4. The second-order valence-electron chi connectivity index (χ2n) is 5.25. The number of nitrogens with two attached hydrogens (primary N) is 1. The Morgan fingerprint density at radius 2 is 2.05 bits per heavy atom. The summed E-state index contributed by atoms with van der Waals surface area (Å²) in [5, 5.41) is 0. The third kappa shape index (κ3) is 2.98. The van der Waals surface area contributed by atoms with Gasteiger partial charge in [0.15, 0.2) is 0 Å². The molecule has 1 aromatic carbocycles. The summed E-state index contributed by atoms with van der Waals surface area (Å²) < 4.78 is 29.8. The molecule has 1 aliphatic heterocycles. The minimum atomic E-state index is -0.944. The van der Waals surface area contributed by atoms with Gasteiger partial charge in [0.05, 0.1) is 24.1 Å². The number of esters is 1. The second kappa shape index (κ2) is 6.93. The van der Waals surface area contributed by atoms with E-state index in [4.69, 9.17) is 19.9 Å². The molecule has 0 bridgehead atoms. The number of ether oxygens (including phenoxy) is 3. The van der Waals surface area contributed by atoms with Crippen molar-refractivity contribution in [2.75, 3.05) is 27.4 Å².